The summed E-state index contributed by atoms with van der Waals surface area (Å²) in [6.07, 6.45) is 1.94. The minimum atomic E-state index is -0.429. The Labute approximate surface area is 109 Å². The van der Waals surface area contributed by atoms with Gasteiger partial charge in [0.25, 0.3) is 5.69 Å². The Hall–Kier alpha value is -2.28. The van der Waals surface area contributed by atoms with E-state index in [1.165, 1.54) is 12.1 Å². The van der Waals surface area contributed by atoms with Crippen LogP contribution in [0.3, 0.4) is 0 Å². The number of non-ortho nitro benzene ring substituents is 1. The average molecular weight is 262 g/mol. The van der Waals surface area contributed by atoms with Crippen molar-refractivity contribution >= 4 is 5.69 Å². The van der Waals surface area contributed by atoms with Gasteiger partial charge in [0.05, 0.1) is 11.3 Å². The first kappa shape index (κ1) is 13.2. The third kappa shape index (κ3) is 3.59. The lowest BCUT2D eigenvalue weighted by Crippen LogP contribution is -2.00. The molecule has 7 heteroatoms. The van der Waals surface area contributed by atoms with E-state index in [1.807, 2.05) is 0 Å². The molecule has 0 radical (unpaired) electrons. The van der Waals surface area contributed by atoms with Crippen molar-refractivity contribution in [1.82, 2.24) is 10.2 Å². The van der Waals surface area contributed by atoms with Crippen LogP contribution in [0.2, 0.25) is 0 Å². The molecule has 2 N–H and O–H groups in total. The summed E-state index contributed by atoms with van der Waals surface area (Å²) in [4.78, 5) is 10.1. The third-order valence-corrected chi connectivity index (χ3v) is 2.61. The molecule has 0 aliphatic heterocycles. The Bertz CT molecular complexity index is 550. The Morgan fingerprint density at radius 2 is 1.89 bits per heavy atom. The molecule has 0 fully saturated rings. The number of nitrogens with two attached hydrogens (primary N) is 1. The van der Waals surface area contributed by atoms with E-state index in [4.69, 9.17) is 10.2 Å². The van der Waals surface area contributed by atoms with Crippen LogP contribution in [0.5, 0.6) is 0 Å². The SMILES string of the molecule is NCCCc1nnc(Cc2ccc([N+](=O)[O-])cc2)o1. The van der Waals surface area contributed by atoms with Crippen LogP contribution in [-0.2, 0) is 12.8 Å². The number of hydrogen-bond donors (Lipinski definition) is 1. The highest BCUT2D eigenvalue weighted by atomic mass is 16.6. The van der Waals surface area contributed by atoms with Crippen LogP contribution in [0, 0.1) is 10.1 Å². The van der Waals surface area contributed by atoms with Gasteiger partial charge in [-0.15, -0.1) is 10.2 Å². The lowest BCUT2D eigenvalue weighted by Gasteiger charge is -1.96. The van der Waals surface area contributed by atoms with Crippen molar-refractivity contribution in [2.24, 2.45) is 5.73 Å². The number of hydrogen-bond acceptors (Lipinski definition) is 6. The van der Waals surface area contributed by atoms with Crippen LogP contribution in [0.1, 0.15) is 23.8 Å². The van der Waals surface area contributed by atoms with Gasteiger partial charge in [-0.2, -0.15) is 0 Å². The summed E-state index contributed by atoms with van der Waals surface area (Å²) >= 11 is 0. The van der Waals surface area contributed by atoms with Crippen LogP contribution < -0.4 is 5.73 Å². The van der Waals surface area contributed by atoms with Crippen molar-refractivity contribution in [3.8, 4) is 0 Å². The zero-order valence-corrected chi connectivity index (χ0v) is 10.3. The number of rotatable bonds is 6. The predicted octanol–water partition coefficient (Wildman–Crippen LogP) is 1.46. The van der Waals surface area contributed by atoms with Crippen LogP contribution in [0.15, 0.2) is 28.7 Å². The number of aryl methyl sites for hydroxylation is 1. The molecule has 100 valence electrons. The molecule has 2 aromatic rings. The first-order valence-electron chi connectivity index (χ1n) is 5.93. The molecule has 0 saturated carbocycles. The number of nitro groups is 1. The van der Waals surface area contributed by atoms with Gasteiger partial charge in [0, 0.05) is 18.6 Å². The fraction of sp³-hybridized carbons (Fsp3) is 0.333. The van der Waals surface area contributed by atoms with Gasteiger partial charge in [-0.1, -0.05) is 12.1 Å². The van der Waals surface area contributed by atoms with Crippen molar-refractivity contribution in [3.05, 3.63) is 51.7 Å². The molecule has 0 atom stereocenters. The first-order valence-corrected chi connectivity index (χ1v) is 5.93. The summed E-state index contributed by atoms with van der Waals surface area (Å²) in [5, 5.41) is 18.4. The number of aromatic nitrogens is 2. The van der Waals surface area contributed by atoms with Crippen LogP contribution >= 0.6 is 0 Å². The lowest BCUT2D eigenvalue weighted by atomic mass is 10.1. The van der Waals surface area contributed by atoms with Gasteiger partial charge < -0.3 is 10.2 Å². The number of nitrogens with zero attached hydrogens (tertiary/aromatic N) is 3. The van der Waals surface area contributed by atoms with Crippen LogP contribution in [0.25, 0.3) is 0 Å². The fourth-order valence-corrected chi connectivity index (χ4v) is 1.62. The summed E-state index contributed by atoms with van der Waals surface area (Å²) in [6.45, 7) is 0.583. The molecule has 1 aromatic heterocycles. The maximum absolute atomic E-state index is 10.5. The molecule has 2 rings (SSSR count). The molecule has 0 saturated heterocycles. The first-order chi connectivity index (χ1) is 9.19. The Morgan fingerprint density at radius 1 is 1.21 bits per heavy atom. The lowest BCUT2D eigenvalue weighted by molar-refractivity contribution is -0.384. The standard InChI is InChI=1S/C12H14N4O3/c13-7-1-2-11-14-15-12(19-11)8-9-3-5-10(6-4-9)16(17)18/h3-6H,1-2,7-8,13H2. The second-order valence-corrected chi connectivity index (χ2v) is 4.08. The molecule has 0 spiro atoms. The van der Waals surface area contributed by atoms with Gasteiger partial charge >= 0.3 is 0 Å². The van der Waals surface area contributed by atoms with Gasteiger partial charge in [0.1, 0.15) is 0 Å². The van der Waals surface area contributed by atoms with E-state index < -0.39 is 4.92 Å². The van der Waals surface area contributed by atoms with E-state index in [9.17, 15) is 10.1 Å². The smallest absolute Gasteiger partial charge is 0.269 e. The average Bonchev–Trinajstić information content (AvgIpc) is 2.84. The summed E-state index contributed by atoms with van der Waals surface area (Å²) in [7, 11) is 0. The van der Waals surface area contributed by atoms with Gasteiger partial charge in [-0.05, 0) is 18.5 Å². The quantitative estimate of drug-likeness (QED) is 0.623. The van der Waals surface area contributed by atoms with E-state index in [1.54, 1.807) is 12.1 Å². The van der Waals surface area contributed by atoms with E-state index in [-0.39, 0.29) is 5.69 Å². The fourth-order valence-electron chi connectivity index (χ4n) is 1.62. The van der Waals surface area contributed by atoms with E-state index in [0.717, 1.165) is 12.0 Å². The van der Waals surface area contributed by atoms with Crippen molar-refractivity contribution in [1.29, 1.82) is 0 Å². The molecule has 0 unspecified atom stereocenters. The monoisotopic (exact) mass is 262 g/mol. The maximum atomic E-state index is 10.5. The minimum absolute atomic E-state index is 0.0675. The zero-order chi connectivity index (χ0) is 13.7. The summed E-state index contributed by atoms with van der Waals surface area (Å²) in [5.41, 5.74) is 6.36. The second kappa shape index (κ2) is 6.05. The Balaban J connectivity index is 2.00. The molecular formula is C12H14N4O3. The molecule has 0 bridgehead atoms. The minimum Gasteiger partial charge on any atom is -0.425 e. The highest BCUT2D eigenvalue weighted by molar-refractivity contribution is 5.33. The van der Waals surface area contributed by atoms with Gasteiger partial charge in [-0.3, -0.25) is 10.1 Å². The molecule has 7 nitrogen and oxygen atoms in total. The highest BCUT2D eigenvalue weighted by Crippen LogP contribution is 2.14. The molecule has 0 aliphatic carbocycles. The van der Waals surface area contributed by atoms with Crippen LogP contribution in [0.4, 0.5) is 5.69 Å². The second-order valence-electron chi connectivity index (χ2n) is 4.08. The predicted molar refractivity (Wildman–Crippen MR) is 67.6 cm³/mol. The Kier molecular flexibility index (Phi) is 4.19. The van der Waals surface area contributed by atoms with Crippen molar-refractivity contribution in [2.75, 3.05) is 6.54 Å². The van der Waals surface area contributed by atoms with Crippen molar-refractivity contribution in [2.45, 2.75) is 19.3 Å². The number of nitro benzene ring substituents is 1. The maximum Gasteiger partial charge on any atom is 0.269 e. The summed E-state index contributed by atoms with van der Waals surface area (Å²) < 4.78 is 5.46. The summed E-state index contributed by atoms with van der Waals surface area (Å²) in [5.74, 6) is 1.07. The van der Waals surface area contributed by atoms with Gasteiger partial charge in [0.2, 0.25) is 11.8 Å². The van der Waals surface area contributed by atoms with Crippen molar-refractivity contribution in [3.63, 3.8) is 0 Å². The Morgan fingerprint density at radius 3 is 2.53 bits per heavy atom. The zero-order valence-electron chi connectivity index (χ0n) is 10.3. The molecule has 1 heterocycles. The van der Waals surface area contributed by atoms with E-state index in [0.29, 0.717) is 31.2 Å². The summed E-state index contributed by atoms with van der Waals surface area (Å²) in [6, 6.07) is 6.28. The molecule has 0 aliphatic rings. The third-order valence-electron chi connectivity index (χ3n) is 2.61. The molecule has 1 aromatic carbocycles. The molecule has 0 amide bonds. The van der Waals surface area contributed by atoms with Gasteiger partial charge in [-0.25, -0.2) is 0 Å². The highest BCUT2D eigenvalue weighted by Gasteiger charge is 2.08. The van der Waals surface area contributed by atoms with E-state index in [2.05, 4.69) is 10.2 Å². The van der Waals surface area contributed by atoms with Crippen LogP contribution in [-0.4, -0.2) is 21.7 Å². The van der Waals surface area contributed by atoms with Crippen molar-refractivity contribution < 1.29 is 9.34 Å². The molecule has 19 heavy (non-hydrogen) atoms. The van der Waals surface area contributed by atoms with E-state index >= 15 is 0 Å². The topological polar surface area (TPSA) is 108 Å². The number of benzene rings is 1. The normalized spacial score (nSPS) is 10.6. The largest absolute Gasteiger partial charge is 0.425 e. The van der Waals surface area contributed by atoms with Gasteiger partial charge in [0.15, 0.2) is 0 Å². The molecular weight excluding hydrogens is 248 g/mol.